The van der Waals surface area contributed by atoms with Crippen molar-refractivity contribution in [2.24, 2.45) is 33.5 Å². The fraction of sp³-hybridized carbons (Fsp3) is 0.483. The Morgan fingerprint density at radius 2 is 1.97 bits per heavy atom. The van der Waals surface area contributed by atoms with Crippen molar-refractivity contribution in [2.45, 2.75) is 71.1 Å². The average molecular weight is 476 g/mol. The van der Waals surface area contributed by atoms with Gasteiger partial charge in [-0.25, -0.2) is 4.39 Å². The SMILES string of the molecule is CCC1CC=Nc2c(C(N)=S)c(F)cc(-c3ccc4c(c3)N=CC(C(C)C3CCCCC3)C4)c21. The van der Waals surface area contributed by atoms with Gasteiger partial charge in [0.2, 0.25) is 0 Å². The molecule has 0 bridgehead atoms. The van der Waals surface area contributed by atoms with Gasteiger partial charge >= 0.3 is 0 Å². The normalized spacial score (nSPS) is 22.8. The van der Waals surface area contributed by atoms with Crippen LogP contribution in [-0.4, -0.2) is 17.4 Å². The summed E-state index contributed by atoms with van der Waals surface area (Å²) in [7, 11) is 0. The molecule has 178 valence electrons. The molecule has 5 heteroatoms. The maximum absolute atomic E-state index is 15.2. The molecule has 0 radical (unpaired) electrons. The molecule has 2 heterocycles. The van der Waals surface area contributed by atoms with Crippen molar-refractivity contribution in [3.8, 4) is 11.1 Å². The molecule has 34 heavy (non-hydrogen) atoms. The number of rotatable bonds is 5. The highest BCUT2D eigenvalue weighted by Gasteiger charge is 2.30. The van der Waals surface area contributed by atoms with E-state index in [1.165, 1.54) is 37.7 Å². The maximum atomic E-state index is 15.2. The first-order valence-electron chi connectivity index (χ1n) is 12.8. The molecular formula is C29H34FN3S. The minimum atomic E-state index is -0.405. The van der Waals surface area contributed by atoms with Crippen LogP contribution in [0.3, 0.4) is 0 Å². The lowest BCUT2D eigenvalue weighted by Crippen LogP contribution is -2.26. The second-order valence-electron chi connectivity index (χ2n) is 10.3. The first-order valence-corrected chi connectivity index (χ1v) is 13.2. The Labute approximate surface area is 207 Å². The highest BCUT2D eigenvalue weighted by Crippen LogP contribution is 2.46. The van der Waals surface area contributed by atoms with Gasteiger partial charge in [-0.15, -0.1) is 0 Å². The molecule has 0 aromatic heterocycles. The Morgan fingerprint density at radius 1 is 1.18 bits per heavy atom. The largest absolute Gasteiger partial charge is 0.389 e. The van der Waals surface area contributed by atoms with Crippen molar-refractivity contribution in [3.05, 3.63) is 46.8 Å². The van der Waals surface area contributed by atoms with Gasteiger partial charge in [0.15, 0.2) is 0 Å². The number of aliphatic imine (C=N–C) groups is 2. The smallest absolute Gasteiger partial charge is 0.136 e. The molecule has 1 saturated carbocycles. The summed E-state index contributed by atoms with van der Waals surface area (Å²) in [5, 5.41) is 0. The number of benzene rings is 2. The van der Waals surface area contributed by atoms with E-state index in [1.54, 1.807) is 6.07 Å². The van der Waals surface area contributed by atoms with Crippen LogP contribution < -0.4 is 5.73 Å². The molecule has 2 N–H and O–H groups in total. The van der Waals surface area contributed by atoms with E-state index in [0.717, 1.165) is 47.6 Å². The van der Waals surface area contributed by atoms with E-state index in [-0.39, 0.29) is 16.5 Å². The summed E-state index contributed by atoms with van der Waals surface area (Å²) in [4.78, 5) is 9.52. The third kappa shape index (κ3) is 4.24. The van der Waals surface area contributed by atoms with E-state index in [0.29, 0.717) is 17.5 Å². The van der Waals surface area contributed by atoms with Crippen molar-refractivity contribution in [1.29, 1.82) is 0 Å². The quantitative estimate of drug-likeness (QED) is 0.448. The van der Waals surface area contributed by atoms with Crippen LogP contribution in [0, 0.1) is 23.6 Å². The van der Waals surface area contributed by atoms with Crippen LogP contribution in [0.25, 0.3) is 11.1 Å². The first-order chi connectivity index (χ1) is 16.5. The summed E-state index contributed by atoms with van der Waals surface area (Å²) in [5.41, 5.74) is 12.0. The number of nitrogens with zero attached hydrogens (tertiary/aromatic N) is 2. The molecule has 0 saturated heterocycles. The summed E-state index contributed by atoms with van der Waals surface area (Å²) in [6, 6.07) is 8.04. The van der Waals surface area contributed by atoms with Crippen LogP contribution in [-0.2, 0) is 6.42 Å². The molecule has 1 aliphatic carbocycles. The van der Waals surface area contributed by atoms with Gasteiger partial charge in [-0.05, 0) is 71.4 Å². The second kappa shape index (κ2) is 9.69. The van der Waals surface area contributed by atoms with Crippen LogP contribution >= 0.6 is 12.2 Å². The zero-order chi connectivity index (χ0) is 23.8. The molecule has 3 aliphatic rings. The zero-order valence-electron chi connectivity index (χ0n) is 20.2. The van der Waals surface area contributed by atoms with Gasteiger partial charge in [-0.3, -0.25) is 9.98 Å². The van der Waals surface area contributed by atoms with Crippen LogP contribution in [0.2, 0.25) is 0 Å². The summed E-state index contributed by atoms with van der Waals surface area (Å²) in [6.07, 6.45) is 13.7. The number of nitrogens with two attached hydrogens (primary N) is 1. The molecule has 2 aliphatic heterocycles. The first kappa shape index (κ1) is 23.3. The zero-order valence-corrected chi connectivity index (χ0v) is 21.0. The third-order valence-corrected chi connectivity index (χ3v) is 8.58. The Morgan fingerprint density at radius 3 is 2.71 bits per heavy atom. The Kier molecular flexibility index (Phi) is 6.65. The molecule has 0 spiro atoms. The van der Waals surface area contributed by atoms with Gasteiger partial charge in [0.1, 0.15) is 10.8 Å². The lowest BCUT2D eigenvalue weighted by molar-refractivity contribution is 0.228. The summed E-state index contributed by atoms with van der Waals surface area (Å²) in [5.74, 6) is 1.83. The highest BCUT2D eigenvalue weighted by molar-refractivity contribution is 7.80. The molecule has 3 nitrogen and oxygen atoms in total. The van der Waals surface area contributed by atoms with Crippen molar-refractivity contribution < 1.29 is 4.39 Å². The van der Waals surface area contributed by atoms with Gasteiger partial charge in [-0.1, -0.05) is 70.3 Å². The summed E-state index contributed by atoms with van der Waals surface area (Å²) in [6.45, 7) is 4.57. The monoisotopic (exact) mass is 475 g/mol. The van der Waals surface area contributed by atoms with Crippen LogP contribution in [0.5, 0.6) is 0 Å². The summed E-state index contributed by atoms with van der Waals surface area (Å²) >= 11 is 5.17. The van der Waals surface area contributed by atoms with Crippen molar-refractivity contribution in [1.82, 2.24) is 0 Å². The van der Waals surface area contributed by atoms with Crippen LogP contribution in [0.15, 0.2) is 34.3 Å². The molecule has 1 fully saturated rings. The predicted octanol–water partition coefficient (Wildman–Crippen LogP) is 7.82. The van der Waals surface area contributed by atoms with Crippen molar-refractivity contribution >= 4 is 41.0 Å². The fourth-order valence-corrected chi connectivity index (χ4v) is 6.46. The molecule has 2 aromatic rings. The van der Waals surface area contributed by atoms with Crippen molar-refractivity contribution in [3.63, 3.8) is 0 Å². The number of halogens is 1. The van der Waals surface area contributed by atoms with E-state index in [4.69, 9.17) is 22.9 Å². The van der Waals surface area contributed by atoms with Crippen molar-refractivity contribution in [2.75, 3.05) is 0 Å². The van der Waals surface area contributed by atoms with Crippen LogP contribution in [0.4, 0.5) is 15.8 Å². The molecular weight excluding hydrogens is 441 g/mol. The van der Waals surface area contributed by atoms with Gasteiger partial charge < -0.3 is 5.73 Å². The Bertz CT molecular complexity index is 1160. The predicted molar refractivity (Wildman–Crippen MR) is 145 cm³/mol. The lowest BCUT2D eigenvalue weighted by Gasteiger charge is -2.33. The minimum Gasteiger partial charge on any atom is -0.389 e. The van der Waals surface area contributed by atoms with Gasteiger partial charge in [0.25, 0.3) is 0 Å². The van der Waals surface area contributed by atoms with Gasteiger partial charge in [0, 0.05) is 18.3 Å². The number of hydrogen-bond acceptors (Lipinski definition) is 3. The summed E-state index contributed by atoms with van der Waals surface area (Å²) < 4.78 is 15.2. The number of fused-ring (bicyclic) bond motifs is 2. The Hall–Kier alpha value is -2.40. The molecule has 3 atom stereocenters. The number of hydrogen-bond donors (Lipinski definition) is 1. The van der Waals surface area contributed by atoms with E-state index in [9.17, 15) is 0 Å². The Balaban J connectivity index is 1.50. The number of thiocarbonyl (C=S) groups is 1. The van der Waals surface area contributed by atoms with Gasteiger partial charge in [0.05, 0.1) is 16.9 Å². The highest BCUT2D eigenvalue weighted by atomic mass is 32.1. The maximum Gasteiger partial charge on any atom is 0.136 e. The standard InChI is InChI=1S/C29H34FN3S/c1-3-18-11-12-32-28-26(18)23(15-24(30)27(28)29(31)34)20-9-10-21-13-22(16-33-25(21)14-20)17(2)19-7-5-4-6-8-19/h9-10,12,14-19,22H,3-8,11,13H2,1-2H3,(H2,31,34). The lowest BCUT2D eigenvalue weighted by atomic mass is 9.73. The molecule has 5 rings (SSSR count). The minimum absolute atomic E-state index is 0.0578. The topological polar surface area (TPSA) is 50.7 Å². The molecule has 2 aromatic carbocycles. The van der Waals surface area contributed by atoms with E-state index in [1.807, 2.05) is 6.21 Å². The third-order valence-electron chi connectivity index (χ3n) is 8.38. The van der Waals surface area contributed by atoms with E-state index >= 15 is 4.39 Å². The molecule has 3 unspecified atom stereocenters. The van der Waals surface area contributed by atoms with E-state index in [2.05, 4.69) is 43.3 Å². The molecule has 0 amide bonds. The van der Waals surface area contributed by atoms with Crippen LogP contribution in [0.1, 0.15) is 81.4 Å². The van der Waals surface area contributed by atoms with Gasteiger partial charge in [-0.2, -0.15) is 0 Å². The van der Waals surface area contributed by atoms with E-state index < -0.39 is 5.82 Å². The fourth-order valence-electron chi connectivity index (χ4n) is 6.27. The average Bonchev–Trinajstić information content (AvgIpc) is 2.86. The second-order valence-corrected chi connectivity index (χ2v) is 10.7.